The molecule has 0 saturated carbocycles. The molecule has 18 heavy (non-hydrogen) atoms. The zero-order valence-electron chi connectivity index (χ0n) is 10.3. The highest BCUT2D eigenvalue weighted by Gasteiger charge is 2.27. The molecular formula is C12H17N3O3. The van der Waals surface area contributed by atoms with Crippen LogP contribution in [-0.2, 0) is 11.8 Å². The van der Waals surface area contributed by atoms with E-state index in [4.69, 9.17) is 5.11 Å². The summed E-state index contributed by atoms with van der Waals surface area (Å²) in [5.41, 5.74) is 0.459. The number of amides is 2. The summed E-state index contributed by atoms with van der Waals surface area (Å²) in [7, 11) is 1.75. The summed E-state index contributed by atoms with van der Waals surface area (Å²) in [6.07, 6.45) is 1.75. The smallest absolute Gasteiger partial charge is 0.274 e. The first-order valence-electron chi connectivity index (χ1n) is 5.89. The Morgan fingerprint density at radius 1 is 1.50 bits per heavy atom. The van der Waals surface area contributed by atoms with Gasteiger partial charge in [0.15, 0.2) is 0 Å². The highest BCUT2D eigenvalue weighted by Crippen LogP contribution is 2.13. The Balaban J connectivity index is 1.78. The molecule has 1 aliphatic rings. The molecule has 0 atom stereocenters. The Morgan fingerprint density at radius 3 is 2.78 bits per heavy atom. The van der Waals surface area contributed by atoms with Gasteiger partial charge < -0.3 is 9.67 Å². The quantitative estimate of drug-likeness (QED) is 0.735. The van der Waals surface area contributed by atoms with Gasteiger partial charge in [-0.25, -0.2) is 0 Å². The topological polar surface area (TPSA) is 74.6 Å². The summed E-state index contributed by atoms with van der Waals surface area (Å²) in [6.45, 7) is 1.78. The highest BCUT2D eigenvalue weighted by molar-refractivity contribution is 6.04. The van der Waals surface area contributed by atoms with Crippen LogP contribution in [0.2, 0.25) is 0 Å². The van der Waals surface area contributed by atoms with Crippen molar-refractivity contribution in [1.82, 2.24) is 14.8 Å². The van der Waals surface area contributed by atoms with Gasteiger partial charge in [-0.2, -0.15) is 0 Å². The van der Waals surface area contributed by atoms with Crippen LogP contribution in [0.15, 0.2) is 18.3 Å². The van der Waals surface area contributed by atoms with Crippen molar-refractivity contribution in [3.63, 3.8) is 0 Å². The largest absolute Gasteiger partial charge is 0.396 e. The molecule has 98 valence electrons. The number of rotatable bonds is 4. The van der Waals surface area contributed by atoms with E-state index in [-0.39, 0.29) is 30.9 Å². The summed E-state index contributed by atoms with van der Waals surface area (Å²) < 4.78 is 1.66. The maximum atomic E-state index is 11.7. The summed E-state index contributed by atoms with van der Waals surface area (Å²) in [4.78, 5) is 25.2. The molecule has 2 amide bonds. The van der Waals surface area contributed by atoms with Crippen molar-refractivity contribution in [2.24, 2.45) is 13.0 Å². The molecule has 2 rings (SSSR count). The maximum Gasteiger partial charge on any atom is 0.274 e. The SMILES string of the molecule is Cn1cccc1C(=O)NC(=O)CN1CC(CO)C1. The second-order valence-corrected chi connectivity index (χ2v) is 4.62. The molecule has 0 unspecified atom stereocenters. The van der Waals surface area contributed by atoms with Crippen molar-refractivity contribution >= 4 is 11.8 Å². The zero-order valence-corrected chi connectivity index (χ0v) is 10.3. The molecule has 0 aromatic carbocycles. The zero-order chi connectivity index (χ0) is 13.1. The number of aromatic nitrogens is 1. The summed E-state index contributed by atoms with van der Waals surface area (Å²) in [5.74, 6) is -0.425. The van der Waals surface area contributed by atoms with Crippen molar-refractivity contribution in [2.75, 3.05) is 26.2 Å². The number of hydrogen-bond acceptors (Lipinski definition) is 4. The van der Waals surface area contributed by atoms with Crippen LogP contribution in [0.5, 0.6) is 0 Å². The van der Waals surface area contributed by atoms with E-state index in [1.165, 1.54) is 0 Å². The van der Waals surface area contributed by atoms with Crippen molar-refractivity contribution in [3.05, 3.63) is 24.0 Å². The molecule has 0 bridgehead atoms. The second kappa shape index (κ2) is 5.32. The number of nitrogens with one attached hydrogen (secondary N) is 1. The number of likely N-dealkylation sites (tertiary alicyclic amines) is 1. The molecule has 2 N–H and O–H groups in total. The van der Waals surface area contributed by atoms with Crippen LogP contribution in [-0.4, -0.2) is 52.6 Å². The Kier molecular flexibility index (Phi) is 3.78. The van der Waals surface area contributed by atoms with Gasteiger partial charge in [0.25, 0.3) is 5.91 Å². The summed E-state index contributed by atoms with van der Waals surface area (Å²) in [6, 6.07) is 3.41. The first-order valence-corrected chi connectivity index (χ1v) is 5.89. The van der Waals surface area contributed by atoms with E-state index in [0.717, 1.165) is 0 Å². The Hall–Kier alpha value is -1.66. The van der Waals surface area contributed by atoms with E-state index >= 15 is 0 Å². The third-order valence-electron chi connectivity index (χ3n) is 3.09. The predicted molar refractivity (Wildman–Crippen MR) is 64.9 cm³/mol. The van der Waals surface area contributed by atoms with Crippen LogP contribution < -0.4 is 5.32 Å². The van der Waals surface area contributed by atoms with Gasteiger partial charge in [0.05, 0.1) is 6.54 Å². The average Bonchev–Trinajstić information content (AvgIpc) is 2.69. The van der Waals surface area contributed by atoms with E-state index in [9.17, 15) is 9.59 Å². The van der Waals surface area contributed by atoms with E-state index < -0.39 is 0 Å². The standard InChI is InChI=1S/C12H17N3O3/c1-14-4-2-3-10(14)12(18)13-11(17)7-15-5-9(6-15)8-16/h2-4,9,16H,5-8H2,1H3,(H,13,17,18). The number of carbonyl (C=O) groups is 2. The lowest BCUT2D eigenvalue weighted by Gasteiger charge is -2.37. The molecule has 1 aromatic rings. The number of aliphatic hydroxyl groups is 1. The molecule has 1 saturated heterocycles. The van der Waals surface area contributed by atoms with Gasteiger partial charge in [-0.05, 0) is 12.1 Å². The first kappa shape index (κ1) is 12.8. The number of imide groups is 1. The minimum absolute atomic E-state index is 0.153. The van der Waals surface area contributed by atoms with Crippen molar-refractivity contribution < 1.29 is 14.7 Å². The highest BCUT2D eigenvalue weighted by atomic mass is 16.3. The third kappa shape index (κ3) is 2.77. The normalized spacial score (nSPS) is 16.3. The molecule has 0 radical (unpaired) electrons. The molecule has 1 aromatic heterocycles. The van der Waals surface area contributed by atoms with Crippen LogP contribution >= 0.6 is 0 Å². The molecular weight excluding hydrogens is 234 g/mol. The molecule has 6 heteroatoms. The fraction of sp³-hybridized carbons (Fsp3) is 0.500. The van der Waals surface area contributed by atoms with Gasteiger partial charge in [0.2, 0.25) is 5.91 Å². The van der Waals surface area contributed by atoms with Gasteiger partial charge in [-0.15, -0.1) is 0 Å². The number of carbonyl (C=O) groups excluding carboxylic acids is 2. The molecule has 6 nitrogen and oxygen atoms in total. The first-order chi connectivity index (χ1) is 8.60. The number of hydrogen-bond donors (Lipinski definition) is 2. The summed E-state index contributed by atoms with van der Waals surface area (Å²) in [5, 5.41) is 11.2. The Morgan fingerprint density at radius 2 is 2.22 bits per heavy atom. The van der Waals surface area contributed by atoms with Crippen LogP contribution in [0, 0.1) is 5.92 Å². The molecule has 1 fully saturated rings. The lowest BCUT2D eigenvalue weighted by atomic mass is 10.0. The van der Waals surface area contributed by atoms with E-state index in [1.807, 2.05) is 4.90 Å². The van der Waals surface area contributed by atoms with Crippen molar-refractivity contribution in [2.45, 2.75) is 0 Å². The molecule has 0 aliphatic carbocycles. The molecule has 0 spiro atoms. The lowest BCUT2D eigenvalue weighted by Crippen LogP contribution is -2.52. The summed E-state index contributed by atoms with van der Waals surface area (Å²) >= 11 is 0. The Labute approximate surface area is 105 Å². The van der Waals surface area contributed by atoms with Crippen LogP contribution in [0.4, 0.5) is 0 Å². The van der Waals surface area contributed by atoms with Gasteiger partial charge >= 0.3 is 0 Å². The lowest BCUT2D eigenvalue weighted by molar-refractivity contribution is -0.123. The van der Waals surface area contributed by atoms with Gasteiger partial charge in [0, 0.05) is 38.9 Å². The minimum atomic E-state index is -0.383. The van der Waals surface area contributed by atoms with Crippen LogP contribution in [0.1, 0.15) is 10.5 Å². The third-order valence-corrected chi connectivity index (χ3v) is 3.09. The number of nitrogens with zero attached hydrogens (tertiary/aromatic N) is 2. The minimum Gasteiger partial charge on any atom is -0.396 e. The molecule has 2 heterocycles. The maximum absolute atomic E-state index is 11.7. The molecule has 1 aliphatic heterocycles. The Bertz CT molecular complexity index is 449. The predicted octanol–water partition coefficient (Wildman–Crippen LogP) is -0.794. The van der Waals surface area contributed by atoms with Crippen LogP contribution in [0.3, 0.4) is 0 Å². The van der Waals surface area contributed by atoms with E-state index in [0.29, 0.717) is 18.8 Å². The number of aliphatic hydroxyl groups excluding tert-OH is 1. The fourth-order valence-electron chi connectivity index (χ4n) is 2.05. The van der Waals surface area contributed by atoms with E-state index in [2.05, 4.69) is 5.32 Å². The van der Waals surface area contributed by atoms with E-state index in [1.54, 1.807) is 29.9 Å². The fourth-order valence-corrected chi connectivity index (χ4v) is 2.05. The van der Waals surface area contributed by atoms with Crippen molar-refractivity contribution in [1.29, 1.82) is 0 Å². The monoisotopic (exact) mass is 251 g/mol. The van der Waals surface area contributed by atoms with Gasteiger partial charge in [-0.1, -0.05) is 0 Å². The van der Waals surface area contributed by atoms with Crippen LogP contribution in [0.25, 0.3) is 0 Å². The second-order valence-electron chi connectivity index (χ2n) is 4.62. The number of aryl methyl sites for hydroxylation is 1. The average molecular weight is 251 g/mol. The van der Waals surface area contributed by atoms with Crippen molar-refractivity contribution in [3.8, 4) is 0 Å². The van der Waals surface area contributed by atoms with Gasteiger partial charge in [-0.3, -0.25) is 19.8 Å². The van der Waals surface area contributed by atoms with Gasteiger partial charge in [0.1, 0.15) is 5.69 Å².